The van der Waals surface area contributed by atoms with Crippen molar-refractivity contribution in [2.24, 2.45) is 0 Å². The quantitative estimate of drug-likeness (QED) is 0.911. The van der Waals surface area contributed by atoms with Crippen molar-refractivity contribution in [3.05, 3.63) is 52.8 Å². The maximum Gasteiger partial charge on any atom is 0.0534 e. The van der Waals surface area contributed by atoms with E-state index in [-0.39, 0.29) is 0 Å². The molecule has 1 unspecified atom stereocenters. The molecule has 3 heteroatoms. The van der Waals surface area contributed by atoms with E-state index in [0.29, 0.717) is 6.04 Å². The zero-order valence-corrected chi connectivity index (χ0v) is 13.1. The molecule has 3 nitrogen and oxygen atoms in total. The number of benzene rings is 1. The Morgan fingerprint density at radius 1 is 1.24 bits per heavy atom. The standard InChI is InChI=1S/C18H25N3/c1-14-12-20-21(13-14)10-9-19-15(2)17-8-7-16-5-3-4-6-18(16)11-17/h7-8,11-13,15,19H,3-6,9-10H2,1-2H3. The molecule has 0 saturated carbocycles. The number of fused-ring (bicyclic) bond motifs is 1. The summed E-state index contributed by atoms with van der Waals surface area (Å²) in [6.45, 7) is 6.19. The third-order valence-electron chi connectivity index (χ3n) is 4.43. The van der Waals surface area contributed by atoms with E-state index in [4.69, 9.17) is 0 Å². The van der Waals surface area contributed by atoms with Gasteiger partial charge in [-0.05, 0) is 61.8 Å². The SMILES string of the molecule is Cc1cnn(CCNC(C)c2ccc3c(c2)CCCC3)c1. The Hall–Kier alpha value is -1.61. The van der Waals surface area contributed by atoms with Crippen LogP contribution in [0.1, 0.15) is 48.1 Å². The Labute approximate surface area is 127 Å². The van der Waals surface area contributed by atoms with Gasteiger partial charge in [-0.3, -0.25) is 4.68 Å². The molecule has 1 aromatic carbocycles. The average molecular weight is 283 g/mol. The predicted molar refractivity (Wildman–Crippen MR) is 86.5 cm³/mol. The Morgan fingerprint density at radius 2 is 2.05 bits per heavy atom. The van der Waals surface area contributed by atoms with Crippen LogP contribution in [0.4, 0.5) is 0 Å². The van der Waals surface area contributed by atoms with Crippen molar-refractivity contribution < 1.29 is 0 Å². The van der Waals surface area contributed by atoms with Crippen LogP contribution in [0.25, 0.3) is 0 Å². The minimum Gasteiger partial charge on any atom is -0.308 e. The Kier molecular flexibility index (Phi) is 4.39. The lowest BCUT2D eigenvalue weighted by atomic mass is 9.89. The highest BCUT2D eigenvalue weighted by Crippen LogP contribution is 2.24. The first-order valence-electron chi connectivity index (χ1n) is 8.06. The minimum absolute atomic E-state index is 0.397. The van der Waals surface area contributed by atoms with Crippen molar-refractivity contribution in [3.8, 4) is 0 Å². The fourth-order valence-electron chi connectivity index (χ4n) is 3.13. The predicted octanol–water partition coefficient (Wildman–Crippen LogP) is 3.42. The first kappa shape index (κ1) is 14.3. The van der Waals surface area contributed by atoms with Crippen molar-refractivity contribution in [1.29, 1.82) is 0 Å². The highest BCUT2D eigenvalue weighted by molar-refractivity contribution is 5.35. The van der Waals surface area contributed by atoms with Gasteiger partial charge in [-0.2, -0.15) is 5.10 Å². The van der Waals surface area contributed by atoms with E-state index < -0.39 is 0 Å². The second-order valence-electron chi connectivity index (χ2n) is 6.19. The van der Waals surface area contributed by atoms with Crippen LogP contribution in [0, 0.1) is 6.92 Å². The van der Waals surface area contributed by atoms with E-state index >= 15 is 0 Å². The van der Waals surface area contributed by atoms with E-state index in [1.165, 1.54) is 36.8 Å². The summed E-state index contributed by atoms with van der Waals surface area (Å²) >= 11 is 0. The van der Waals surface area contributed by atoms with Gasteiger partial charge in [-0.25, -0.2) is 0 Å². The van der Waals surface area contributed by atoms with Crippen LogP contribution in [-0.2, 0) is 19.4 Å². The van der Waals surface area contributed by atoms with Gasteiger partial charge >= 0.3 is 0 Å². The third-order valence-corrected chi connectivity index (χ3v) is 4.43. The molecule has 0 spiro atoms. The smallest absolute Gasteiger partial charge is 0.0534 e. The molecule has 0 amide bonds. The van der Waals surface area contributed by atoms with Crippen molar-refractivity contribution in [1.82, 2.24) is 15.1 Å². The zero-order valence-electron chi connectivity index (χ0n) is 13.1. The van der Waals surface area contributed by atoms with Crippen molar-refractivity contribution in [3.63, 3.8) is 0 Å². The Balaban J connectivity index is 1.56. The van der Waals surface area contributed by atoms with Gasteiger partial charge < -0.3 is 5.32 Å². The van der Waals surface area contributed by atoms with E-state index in [0.717, 1.165) is 13.1 Å². The van der Waals surface area contributed by atoms with Gasteiger partial charge in [-0.1, -0.05) is 18.2 Å². The van der Waals surface area contributed by atoms with Crippen molar-refractivity contribution in [2.45, 2.75) is 52.1 Å². The molecule has 0 saturated heterocycles. The van der Waals surface area contributed by atoms with E-state index in [9.17, 15) is 0 Å². The lowest BCUT2D eigenvalue weighted by Gasteiger charge is -2.20. The normalized spacial score (nSPS) is 15.7. The molecule has 0 fully saturated rings. The molecular weight excluding hydrogens is 258 g/mol. The minimum atomic E-state index is 0.397. The maximum absolute atomic E-state index is 4.32. The summed E-state index contributed by atoms with van der Waals surface area (Å²) in [4.78, 5) is 0. The number of nitrogens with one attached hydrogen (secondary N) is 1. The summed E-state index contributed by atoms with van der Waals surface area (Å²) < 4.78 is 2.00. The number of hydrogen-bond donors (Lipinski definition) is 1. The molecule has 21 heavy (non-hydrogen) atoms. The van der Waals surface area contributed by atoms with Gasteiger partial charge in [0.25, 0.3) is 0 Å². The van der Waals surface area contributed by atoms with Gasteiger partial charge in [0, 0.05) is 18.8 Å². The average Bonchev–Trinajstić information content (AvgIpc) is 2.92. The number of hydrogen-bond acceptors (Lipinski definition) is 2. The summed E-state index contributed by atoms with van der Waals surface area (Å²) in [5, 5.41) is 7.92. The van der Waals surface area contributed by atoms with E-state index in [1.54, 1.807) is 11.1 Å². The Morgan fingerprint density at radius 3 is 2.81 bits per heavy atom. The lowest BCUT2D eigenvalue weighted by Crippen LogP contribution is -2.23. The van der Waals surface area contributed by atoms with Crippen molar-refractivity contribution >= 4 is 0 Å². The summed E-state index contributed by atoms with van der Waals surface area (Å²) in [7, 11) is 0. The largest absolute Gasteiger partial charge is 0.308 e. The number of rotatable bonds is 5. The van der Waals surface area contributed by atoms with Crippen LogP contribution in [0.5, 0.6) is 0 Å². The molecule has 0 radical (unpaired) electrons. The van der Waals surface area contributed by atoms with Crippen LogP contribution >= 0.6 is 0 Å². The zero-order chi connectivity index (χ0) is 14.7. The van der Waals surface area contributed by atoms with Crippen LogP contribution in [0.2, 0.25) is 0 Å². The molecule has 1 N–H and O–H groups in total. The van der Waals surface area contributed by atoms with Crippen LogP contribution in [0.15, 0.2) is 30.6 Å². The molecule has 0 aliphatic heterocycles. The van der Waals surface area contributed by atoms with Gasteiger partial charge in [0.1, 0.15) is 0 Å². The molecule has 3 rings (SSSR count). The van der Waals surface area contributed by atoms with Gasteiger partial charge in [0.05, 0.1) is 12.7 Å². The lowest BCUT2D eigenvalue weighted by molar-refractivity contribution is 0.506. The maximum atomic E-state index is 4.32. The second-order valence-corrected chi connectivity index (χ2v) is 6.19. The summed E-state index contributed by atoms with van der Waals surface area (Å²) in [5.41, 5.74) is 5.75. The molecule has 112 valence electrons. The van der Waals surface area contributed by atoms with Crippen molar-refractivity contribution in [2.75, 3.05) is 6.54 Å². The van der Waals surface area contributed by atoms with E-state index in [1.807, 2.05) is 10.9 Å². The number of nitrogens with zero attached hydrogens (tertiary/aromatic N) is 2. The van der Waals surface area contributed by atoms with Crippen LogP contribution in [0.3, 0.4) is 0 Å². The molecule has 0 bridgehead atoms. The van der Waals surface area contributed by atoms with Gasteiger partial charge in [0.15, 0.2) is 0 Å². The first-order chi connectivity index (χ1) is 10.2. The molecule has 1 heterocycles. The molecule has 1 aromatic heterocycles. The van der Waals surface area contributed by atoms with Crippen LogP contribution in [-0.4, -0.2) is 16.3 Å². The fraction of sp³-hybridized carbons (Fsp3) is 0.500. The molecule has 2 aromatic rings. The fourth-order valence-corrected chi connectivity index (χ4v) is 3.13. The Bertz CT molecular complexity index is 600. The van der Waals surface area contributed by atoms with Crippen LogP contribution < -0.4 is 5.32 Å². The highest BCUT2D eigenvalue weighted by Gasteiger charge is 2.12. The summed E-state index contributed by atoms with van der Waals surface area (Å²) in [6.07, 6.45) is 9.21. The molecule has 1 aliphatic carbocycles. The number of aryl methyl sites for hydroxylation is 3. The van der Waals surface area contributed by atoms with Gasteiger partial charge in [-0.15, -0.1) is 0 Å². The third kappa shape index (κ3) is 3.53. The highest BCUT2D eigenvalue weighted by atomic mass is 15.3. The van der Waals surface area contributed by atoms with E-state index in [2.05, 4.69) is 48.7 Å². The molecular formula is C18H25N3. The first-order valence-corrected chi connectivity index (χ1v) is 8.06. The summed E-state index contributed by atoms with van der Waals surface area (Å²) in [5.74, 6) is 0. The monoisotopic (exact) mass is 283 g/mol. The van der Waals surface area contributed by atoms with Gasteiger partial charge in [0.2, 0.25) is 0 Å². The number of aromatic nitrogens is 2. The topological polar surface area (TPSA) is 29.9 Å². The molecule has 1 aliphatic rings. The second kappa shape index (κ2) is 6.44. The summed E-state index contributed by atoms with van der Waals surface area (Å²) in [6, 6.07) is 7.43. The molecule has 1 atom stereocenters.